The lowest BCUT2D eigenvalue weighted by Gasteiger charge is -2.36. The number of carbonyl (C=O) groups excluding carboxylic acids is 2. The molecule has 0 aromatic heterocycles. The van der Waals surface area contributed by atoms with Gasteiger partial charge in [-0.2, -0.15) is 0 Å². The molecule has 0 radical (unpaired) electrons. The number of hydrogen-bond donors (Lipinski definition) is 1. The van der Waals surface area contributed by atoms with Crippen molar-refractivity contribution in [2.24, 2.45) is 5.92 Å². The van der Waals surface area contributed by atoms with E-state index in [9.17, 15) is 22.8 Å². The first-order valence-electron chi connectivity index (χ1n) is 11.5. The predicted octanol–water partition coefficient (Wildman–Crippen LogP) is 5.85. The van der Waals surface area contributed by atoms with Gasteiger partial charge in [-0.1, -0.05) is 31.0 Å². The van der Waals surface area contributed by atoms with Crippen LogP contribution in [-0.2, 0) is 11.3 Å². The maximum Gasteiger partial charge on any atom is 0.573 e. The minimum Gasteiger partial charge on any atom is -0.406 e. The van der Waals surface area contributed by atoms with E-state index in [1.807, 2.05) is 25.1 Å². The van der Waals surface area contributed by atoms with E-state index >= 15 is 0 Å². The fraction of sp³-hybridized carbons (Fsp3) is 0.440. The van der Waals surface area contributed by atoms with Gasteiger partial charge in [0.15, 0.2) is 0 Å². The molecule has 182 valence electrons. The highest BCUT2D eigenvalue weighted by Gasteiger charge is 2.32. The van der Waals surface area contributed by atoms with Crippen molar-refractivity contribution in [1.29, 1.82) is 0 Å². The summed E-state index contributed by atoms with van der Waals surface area (Å²) >= 11 is 0. The van der Waals surface area contributed by atoms with E-state index in [0.29, 0.717) is 30.0 Å². The second-order valence-electron chi connectivity index (χ2n) is 8.89. The topological polar surface area (TPSA) is 61.9 Å². The summed E-state index contributed by atoms with van der Waals surface area (Å²) in [4.78, 5) is 29.4. The number of hydrogen-bond acceptors (Lipinski definition) is 3. The zero-order chi connectivity index (χ0) is 24.3. The van der Waals surface area contributed by atoms with Crippen LogP contribution < -0.4 is 15.0 Å². The van der Waals surface area contributed by atoms with Gasteiger partial charge in [0.2, 0.25) is 5.91 Å². The van der Waals surface area contributed by atoms with Gasteiger partial charge in [0.25, 0.3) is 0 Å². The molecule has 2 aromatic carbocycles. The van der Waals surface area contributed by atoms with E-state index in [2.05, 4.69) is 10.1 Å². The third kappa shape index (κ3) is 5.81. The molecule has 1 aliphatic carbocycles. The number of ether oxygens (including phenoxy) is 1. The van der Waals surface area contributed by atoms with Gasteiger partial charge in [-0.25, -0.2) is 4.79 Å². The van der Waals surface area contributed by atoms with Crippen LogP contribution in [0.25, 0.3) is 0 Å². The van der Waals surface area contributed by atoms with Gasteiger partial charge in [0.1, 0.15) is 5.75 Å². The molecule has 1 heterocycles. The monoisotopic (exact) mass is 475 g/mol. The van der Waals surface area contributed by atoms with Crippen molar-refractivity contribution >= 4 is 23.3 Å². The van der Waals surface area contributed by atoms with Gasteiger partial charge in [0, 0.05) is 25.6 Å². The van der Waals surface area contributed by atoms with Crippen molar-refractivity contribution in [3.8, 4) is 5.75 Å². The van der Waals surface area contributed by atoms with Crippen molar-refractivity contribution in [3.63, 3.8) is 0 Å². The lowest BCUT2D eigenvalue weighted by atomic mass is 10.1. The molecule has 1 saturated heterocycles. The number of urea groups is 1. The molecule has 1 saturated carbocycles. The van der Waals surface area contributed by atoms with Crippen LogP contribution in [0.15, 0.2) is 42.5 Å². The summed E-state index contributed by atoms with van der Waals surface area (Å²) in [6.45, 7) is 3.25. The van der Waals surface area contributed by atoms with E-state index in [0.717, 1.165) is 37.7 Å². The van der Waals surface area contributed by atoms with Crippen molar-refractivity contribution in [2.75, 3.05) is 23.3 Å². The van der Waals surface area contributed by atoms with E-state index in [4.69, 9.17) is 0 Å². The maximum absolute atomic E-state index is 13.3. The summed E-state index contributed by atoms with van der Waals surface area (Å²) in [5, 5.41) is 3.04. The lowest BCUT2D eigenvalue weighted by molar-refractivity contribution is -0.274. The molecule has 0 atom stereocenters. The Morgan fingerprint density at radius 2 is 1.76 bits per heavy atom. The molecule has 2 fully saturated rings. The summed E-state index contributed by atoms with van der Waals surface area (Å²) < 4.78 is 41.1. The molecular weight excluding hydrogens is 447 g/mol. The Morgan fingerprint density at radius 3 is 2.44 bits per heavy atom. The Balaban J connectivity index is 1.48. The Labute approximate surface area is 196 Å². The summed E-state index contributed by atoms with van der Waals surface area (Å²) in [5.41, 5.74) is 2.96. The number of nitrogens with zero attached hydrogens (tertiary/aromatic N) is 2. The molecule has 0 unspecified atom stereocenters. The summed E-state index contributed by atoms with van der Waals surface area (Å²) in [6, 6.07) is 11.0. The SMILES string of the molecule is Cc1ccc(N2CCCN(Cc3ccc(OC(F)(F)F)cc3)C2=O)c(NC(=O)C2CCCC2)c1. The largest absolute Gasteiger partial charge is 0.573 e. The van der Waals surface area contributed by atoms with Gasteiger partial charge in [-0.15, -0.1) is 13.2 Å². The summed E-state index contributed by atoms with van der Waals surface area (Å²) in [7, 11) is 0. The molecule has 0 bridgehead atoms. The fourth-order valence-corrected chi connectivity index (χ4v) is 4.58. The molecule has 2 aliphatic rings. The minimum atomic E-state index is -4.75. The second kappa shape index (κ2) is 9.95. The Hall–Kier alpha value is -3.23. The number of alkyl halides is 3. The summed E-state index contributed by atoms with van der Waals surface area (Å²) in [6.07, 6.45) is -0.135. The van der Waals surface area contributed by atoms with Gasteiger partial charge in [0.05, 0.1) is 11.4 Å². The average molecular weight is 476 g/mol. The molecule has 4 rings (SSSR count). The number of anilines is 2. The first-order chi connectivity index (χ1) is 16.2. The van der Waals surface area contributed by atoms with Crippen LogP contribution >= 0.6 is 0 Å². The third-order valence-electron chi connectivity index (χ3n) is 6.27. The van der Waals surface area contributed by atoms with E-state index in [-0.39, 0.29) is 30.2 Å². The number of amides is 3. The smallest absolute Gasteiger partial charge is 0.406 e. The van der Waals surface area contributed by atoms with Crippen molar-refractivity contribution < 1.29 is 27.5 Å². The van der Waals surface area contributed by atoms with Crippen LogP contribution in [0, 0.1) is 12.8 Å². The van der Waals surface area contributed by atoms with Crippen LogP contribution in [0.2, 0.25) is 0 Å². The third-order valence-corrected chi connectivity index (χ3v) is 6.27. The Morgan fingerprint density at radius 1 is 1.06 bits per heavy atom. The van der Waals surface area contributed by atoms with Gasteiger partial charge >= 0.3 is 12.4 Å². The zero-order valence-electron chi connectivity index (χ0n) is 19.0. The lowest BCUT2D eigenvalue weighted by Crippen LogP contribution is -2.49. The van der Waals surface area contributed by atoms with Gasteiger partial charge in [-0.3, -0.25) is 9.69 Å². The van der Waals surface area contributed by atoms with Crippen molar-refractivity contribution in [2.45, 2.75) is 51.9 Å². The average Bonchev–Trinajstić information content (AvgIpc) is 3.31. The number of halogens is 3. The molecule has 2 aromatic rings. The Bertz CT molecular complexity index is 1030. The number of aryl methyl sites for hydroxylation is 1. The zero-order valence-corrected chi connectivity index (χ0v) is 19.0. The fourth-order valence-electron chi connectivity index (χ4n) is 4.58. The first-order valence-corrected chi connectivity index (χ1v) is 11.5. The predicted molar refractivity (Wildman–Crippen MR) is 123 cm³/mol. The Kier molecular flexibility index (Phi) is 7.00. The number of carbonyl (C=O) groups is 2. The highest BCUT2D eigenvalue weighted by Crippen LogP contribution is 2.33. The standard InChI is InChI=1S/C25H28F3N3O3/c1-17-7-12-22(21(15-17)29-23(32)19-5-2-3-6-19)31-14-4-13-30(24(31)33)16-18-8-10-20(11-9-18)34-25(26,27)28/h7-12,15,19H,2-6,13-14,16H2,1H3,(H,29,32). The van der Waals surface area contributed by atoms with Crippen LogP contribution in [0.1, 0.15) is 43.2 Å². The number of benzene rings is 2. The second-order valence-corrected chi connectivity index (χ2v) is 8.89. The molecule has 3 amide bonds. The van der Waals surface area contributed by atoms with Crippen LogP contribution in [-0.4, -0.2) is 36.3 Å². The van der Waals surface area contributed by atoms with E-state index < -0.39 is 6.36 Å². The molecule has 1 N–H and O–H groups in total. The quantitative estimate of drug-likeness (QED) is 0.570. The molecule has 1 aliphatic heterocycles. The molecule has 6 nitrogen and oxygen atoms in total. The van der Waals surface area contributed by atoms with Gasteiger partial charge in [-0.05, 0) is 61.6 Å². The summed E-state index contributed by atoms with van der Waals surface area (Å²) in [5.74, 6) is -0.303. The van der Waals surface area contributed by atoms with E-state index in [1.165, 1.54) is 24.3 Å². The minimum absolute atomic E-state index is 0.00575. The first kappa shape index (κ1) is 23.9. The molecule has 0 spiro atoms. The maximum atomic E-state index is 13.3. The molecule has 34 heavy (non-hydrogen) atoms. The van der Waals surface area contributed by atoms with Crippen molar-refractivity contribution in [1.82, 2.24) is 4.90 Å². The normalized spacial score (nSPS) is 17.2. The van der Waals surface area contributed by atoms with E-state index in [1.54, 1.807) is 9.80 Å². The van der Waals surface area contributed by atoms with Crippen LogP contribution in [0.5, 0.6) is 5.75 Å². The van der Waals surface area contributed by atoms with Crippen LogP contribution in [0.3, 0.4) is 0 Å². The molecule has 9 heteroatoms. The van der Waals surface area contributed by atoms with Crippen LogP contribution in [0.4, 0.5) is 29.3 Å². The highest BCUT2D eigenvalue weighted by atomic mass is 19.4. The number of rotatable bonds is 6. The highest BCUT2D eigenvalue weighted by molar-refractivity contribution is 6.01. The molecular formula is C25H28F3N3O3. The van der Waals surface area contributed by atoms with Gasteiger partial charge < -0.3 is 15.0 Å². The number of nitrogens with one attached hydrogen (secondary N) is 1. The van der Waals surface area contributed by atoms with Crippen molar-refractivity contribution in [3.05, 3.63) is 53.6 Å².